The molecule has 3 heterocycles. The van der Waals surface area contributed by atoms with Gasteiger partial charge in [-0.2, -0.15) is 23.4 Å². The highest BCUT2D eigenvalue weighted by Crippen LogP contribution is 2.28. The molecule has 1 aliphatic rings. The van der Waals surface area contributed by atoms with Gasteiger partial charge in [0.15, 0.2) is 5.69 Å². The minimum Gasteiger partial charge on any atom is -0.364 e. The zero-order valence-electron chi connectivity index (χ0n) is 16.5. The maximum Gasteiger partial charge on any atom is 0.435 e. The molecule has 30 heavy (non-hydrogen) atoms. The Kier molecular flexibility index (Phi) is 5.81. The SMILES string of the molecule is Cn1cc(-n2cc3c(n2)CCCC3)ccc1=O.Cn1nc(C(F)(F)F)cc1C(N)=O. The predicted octanol–water partition coefficient (Wildman–Crippen LogP) is 1.99. The summed E-state index contributed by atoms with van der Waals surface area (Å²) in [7, 11) is 2.98. The lowest BCUT2D eigenvalue weighted by Crippen LogP contribution is -2.15. The quantitative estimate of drug-likeness (QED) is 0.683. The number of halogens is 3. The van der Waals surface area contributed by atoms with E-state index in [-0.39, 0.29) is 11.3 Å². The van der Waals surface area contributed by atoms with Crippen LogP contribution in [-0.2, 0) is 33.1 Å². The van der Waals surface area contributed by atoms with Crippen molar-refractivity contribution in [2.75, 3.05) is 0 Å². The number of fused-ring (bicyclic) bond motifs is 1. The summed E-state index contributed by atoms with van der Waals surface area (Å²) < 4.78 is 40.3. The molecule has 11 heteroatoms. The monoisotopic (exact) mass is 422 g/mol. The van der Waals surface area contributed by atoms with E-state index in [1.54, 1.807) is 17.7 Å². The molecular weight excluding hydrogens is 401 g/mol. The molecule has 160 valence electrons. The van der Waals surface area contributed by atoms with E-state index in [1.807, 2.05) is 16.9 Å². The average Bonchev–Trinajstić information content (AvgIpc) is 3.28. The van der Waals surface area contributed by atoms with Crippen LogP contribution in [0.5, 0.6) is 0 Å². The van der Waals surface area contributed by atoms with Crippen LogP contribution in [0.1, 0.15) is 40.3 Å². The van der Waals surface area contributed by atoms with Gasteiger partial charge in [0, 0.05) is 38.6 Å². The summed E-state index contributed by atoms with van der Waals surface area (Å²) >= 11 is 0. The standard InChI is InChI=1S/C13H15N3O.C6H6F3N3O/c1-15-9-11(6-7-13(15)17)16-8-10-4-2-3-5-12(10)14-16;1-12-3(5(10)13)2-4(11-12)6(7,8)9/h6-9H,2-5H2,1H3;2H,1H3,(H2,10,13). The third-order valence-corrected chi connectivity index (χ3v) is 4.74. The molecule has 0 spiro atoms. The summed E-state index contributed by atoms with van der Waals surface area (Å²) in [6.07, 6.45) is 4.05. The van der Waals surface area contributed by atoms with Crippen molar-refractivity contribution in [1.82, 2.24) is 24.1 Å². The molecule has 2 N–H and O–H groups in total. The number of alkyl halides is 3. The number of hydrogen-bond acceptors (Lipinski definition) is 4. The lowest BCUT2D eigenvalue weighted by atomic mass is 9.99. The van der Waals surface area contributed by atoms with E-state index in [1.165, 1.54) is 31.1 Å². The molecule has 0 atom stereocenters. The van der Waals surface area contributed by atoms with Gasteiger partial charge in [-0.3, -0.25) is 14.3 Å². The first-order valence-corrected chi connectivity index (χ1v) is 9.22. The first-order valence-electron chi connectivity index (χ1n) is 9.22. The topological polar surface area (TPSA) is 101 Å². The second-order valence-corrected chi connectivity index (χ2v) is 6.99. The highest BCUT2D eigenvalue weighted by atomic mass is 19.4. The van der Waals surface area contributed by atoms with Crippen LogP contribution in [0.4, 0.5) is 13.2 Å². The van der Waals surface area contributed by atoms with Gasteiger partial charge in [-0.1, -0.05) is 0 Å². The number of nitrogens with two attached hydrogens (primary N) is 1. The van der Waals surface area contributed by atoms with Crippen LogP contribution < -0.4 is 11.3 Å². The molecule has 0 saturated heterocycles. The van der Waals surface area contributed by atoms with Gasteiger partial charge in [-0.05, 0) is 37.3 Å². The molecule has 0 saturated carbocycles. The van der Waals surface area contributed by atoms with Crippen LogP contribution in [0.25, 0.3) is 5.69 Å². The number of aromatic nitrogens is 5. The summed E-state index contributed by atoms with van der Waals surface area (Å²) in [5.74, 6) is -0.939. The Labute approximate surface area is 169 Å². The molecule has 0 aromatic carbocycles. The van der Waals surface area contributed by atoms with Gasteiger partial charge in [0.25, 0.3) is 5.91 Å². The molecule has 0 aliphatic heterocycles. The number of amides is 1. The van der Waals surface area contributed by atoms with Gasteiger partial charge >= 0.3 is 6.18 Å². The number of carbonyl (C=O) groups excluding carboxylic acids is 1. The minimum absolute atomic E-state index is 0.00525. The van der Waals surface area contributed by atoms with Crippen LogP contribution in [0.2, 0.25) is 0 Å². The van der Waals surface area contributed by atoms with Crippen molar-refractivity contribution in [2.24, 2.45) is 19.8 Å². The molecule has 3 aromatic rings. The Morgan fingerprint density at radius 3 is 2.33 bits per heavy atom. The summed E-state index contributed by atoms with van der Waals surface area (Å²) in [5, 5.41) is 7.69. The normalized spacial score (nSPS) is 13.4. The molecule has 3 aromatic heterocycles. The molecule has 4 rings (SSSR count). The number of rotatable bonds is 2. The number of aryl methyl sites for hydroxylation is 4. The maximum atomic E-state index is 12.0. The van der Waals surface area contributed by atoms with E-state index in [4.69, 9.17) is 5.73 Å². The Morgan fingerprint density at radius 2 is 1.80 bits per heavy atom. The van der Waals surface area contributed by atoms with Crippen LogP contribution in [0.3, 0.4) is 0 Å². The first kappa shape index (κ1) is 21.3. The van der Waals surface area contributed by atoms with Crippen molar-refractivity contribution >= 4 is 5.91 Å². The average molecular weight is 422 g/mol. The second kappa shape index (κ2) is 8.17. The maximum absolute atomic E-state index is 12.0. The van der Waals surface area contributed by atoms with Crippen molar-refractivity contribution in [1.29, 1.82) is 0 Å². The number of hydrogen-bond donors (Lipinski definition) is 1. The third-order valence-electron chi connectivity index (χ3n) is 4.74. The lowest BCUT2D eigenvalue weighted by Gasteiger charge is -2.06. The molecule has 0 radical (unpaired) electrons. The molecule has 0 unspecified atom stereocenters. The predicted molar refractivity (Wildman–Crippen MR) is 102 cm³/mol. The molecule has 0 bridgehead atoms. The van der Waals surface area contributed by atoms with E-state index in [9.17, 15) is 22.8 Å². The van der Waals surface area contributed by atoms with Crippen LogP contribution in [0.15, 0.2) is 35.4 Å². The molecule has 0 fully saturated rings. The van der Waals surface area contributed by atoms with Crippen LogP contribution in [0, 0.1) is 0 Å². The summed E-state index contributed by atoms with van der Waals surface area (Å²) in [6.45, 7) is 0. The smallest absolute Gasteiger partial charge is 0.364 e. The Bertz CT molecular complexity index is 1100. The second-order valence-electron chi connectivity index (χ2n) is 6.99. The molecule has 8 nitrogen and oxygen atoms in total. The Balaban J connectivity index is 0.000000178. The number of pyridine rings is 1. The van der Waals surface area contributed by atoms with E-state index >= 15 is 0 Å². The summed E-state index contributed by atoms with van der Waals surface area (Å²) in [4.78, 5) is 21.9. The van der Waals surface area contributed by atoms with Gasteiger partial charge in [0.1, 0.15) is 5.69 Å². The van der Waals surface area contributed by atoms with Gasteiger partial charge in [0.2, 0.25) is 5.56 Å². The Hall–Kier alpha value is -3.37. The van der Waals surface area contributed by atoms with E-state index in [0.29, 0.717) is 6.07 Å². The third kappa shape index (κ3) is 4.61. The van der Waals surface area contributed by atoms with Gasteiger partial charge in [-0.15, -0.1) is 0 Å². The van der Waals surface area contributed by atoms with Crippen LogP contribution in [-0.4, -0.2) is 30.0 Å². The van der Waals surface area contributed by atoms with Crippen molar-refractivity contribution in [3.63, 3.8) is 0 Å². The fourth-order valence-corrected chi connectivity index (χ4v) is 3.16. The zero-order chi connectivity index (χ0) is 22.1. The van der Waals surface area contributed by atoms with Gasteiger partial charge in [0.05, 0.1) is 11.4 Å². The van der Waals surface area contributed by atoms with Crippen molar-refractivity contribution < 1.29 is 18.0 Å². The summed E-state index contributed by atoms with van der Waals surface area (Å²) in [6, 6.07) is 4.01. The molecular formula is C19H21F3N6O2. The van der Waals surface area contributed by atoms with Crippen molar-refractivity contribution in [2.45, 2.75) is 31.9 Å². The fraction of sp³-hybridized carbons (Fsp3) is 0.368. The molecule has 1 aliphatic carbocycles. The molecule has 1 amide bonds. The van der Waals surface area contributed by atoms with Gasteiger partial charge < -0.3 is 10.3 Å². The fourth-order valence-electron chi connectivity index (χ4n) is 3.16. The Morgan fingerprint density at radius 1 is 1.10 bits per heavy atom. The lowest BCUT2D eigenvalue weighted by molar-refractivity contribution is -0.141. The number of primary amides is 1. The van der Waals surface area contributed by atoms with Gasteiger partial charge in [-0.25, -0.2) is 4.68 Å². The number of carbonyl (C=O) groups is 1. The highest BCUT2D eigenvalue weighted by molar-refractivity contribution is 5.91. The van der Waals surface area contributed by atoms with E-state index in [2.05, 4.69) is 16.4 Å². The zero-order valence-corrected chi connectivity index (χ0v) is 16.5. The van der Waals surface area contributed by atoms with Crippen LogP contribution >= 0.6 is 0 Å². The minimum atomic E-state index is -4.55. The van der Waals surface area contributed by atoms with E-state index < -0.39 is 17.8 Å². The van der Waals surface area contributed by atoms with E-state index in [0.717, 1.165) is 23.2 Å². The summed E-state index contributed by atoms with van der Waals surface area (Å²) in [5.41, 5.74) is 6.93. The first-order chi connectivity index (χ1) is 14.1. The van der Waals surface area contributed by atoms with Crippen molar-refractivity contribution in [3.8, 4) is 5.69 Å². The largest absolute Gasteiger partial charge is 0.435 e. The number of nitrogens with zero attached hydrogens (tertiary/aromatic N) is 5. The van der Waals surface area contributed by atoms with Crippen molar-refractivity contribution in [3.05, 3.63) is 63.6 Å². The highest BCUT2D eigenvalue weighted by Gasteiger charge is 2.35.